The van der Waals surface area contributed by atoms with Crippen molar-refractivity contribution in [1.29, 1.82) is 0 Å². The third-order valence-electron chi connectivity index (χ3n) is 2.14. The van der Waals surface area contributed by atoms with E-state index in [9.17, 15) is 0 Å². The molecule has 0 saturated heterocycles. The summed E-state index contributed by atoms with van der Waals surface area (Å²) >= 11 is 3.36. The molecule has 0 aromatic carbocycles. The Hall–Kier alpha value is -0.640. The van der Waals surface area contributed by atoms with Crippen molar-refractivity contribution in [1.82, 2.24) is 9.97 Å². The van der Waals surface area contributed by atoms with Crippen LogP contribution in [0.3, 0.4) is 0 Å². The zero-order valence-corrected chi connectivity index (χ0v) is 10.4. The van der Waals surface area contributed by atoms with E-state index in [2.05, 4.69) is 45.1 Å². The minimum atomic E-state index is 0.496. The van der Waals surface area contributed by atoms with E-state index in [1.807, 2.05) is 13.0 Å². The molecule has 3 nitrogen and oxygen atoms in total. The van der Waals surface area contributed by atoms with Crippen LogP contribution in [0.5, 0.6) is 0 Å². The van der Waals surface area contributed by atoms with Crippen LogP contribution in [0.25, 0.3) is 0 Å². The summed E-state index contributed by atoms with van der Waals surface area (Å²) < 4.78 is 0.832. The van der Waals surface area contributed by atoms with E-state index in [4.69, 9.17) is 0 Å². The normalized spacial score (nSPS) is 10.6. The van der Waals surface area contributed by atoms with E-state index in [0.717, 1.165) is 29.1 Å². The van der Waals surface area contributed by atoms with Gasteiger partial charge in [0.1, 0.15) is 16.2 Å². The molecule has 0 spiro atoms. The molecule has 1 heterocycles. The predicted molar refractivity (Wildman–Crippen MR) is 62.5 cm³/mol. The number of aromatic nitrogens is 2. The number of hydrogen-bond donors (Lipinski definition) is 1. The number of rotatable bonds is 4. The Morgan fingerprint density at radius 3 is 2.50 bits per heavy atom. The van der Waals surface area contributed by atoms with Crippen molar-refractivity contribution in [2.45, 2.75) is 39.7 Å². The lowest BCUT2D eigenvalue weighted by atomic mass is 10.2. The van der Waals surface area contributed by atoms with Gasteiger partial charge in [-0.05, 0) is 35.7 Å². The Labute approximate surface area is 93.5 Å². The minimum absolute atomic E-state index is 0.496. The fraction of sp³-hybridized carbons (Fsp3) is 0.600. The Morgan fingerprint density at radius 1 is 1.36 bits per heavy atom. The van der Waals surface area contributed by atoms with Crippen LogP contribution in [0, 0.1) is 6.92 Å². The second kappa shape index (κ2) is 5.29. The summed E-state index contributed by atoms with van der Waals surface area (Å²) in [5.74, 6) is 1.69. The monoisotopic (exact) mass is 257 g/mol. The first-order valence-corrected chi connectivity index (χ1v) is 5.72. The van der Waals surface area contributed by atoms with Gasteiger partial charge in [0.25, 0.3) is 0 Å². The molecule has 0 unspecified atom stereocenters. The Morgan fingerprint density at radius 2 is 2.00 bits per heavy atom. The highest BCUT2D eigenvalue weighted by molar-refractivity contribution is 9.10. The molecule has 1 rings (SSSR count). The third-order valence-corrected chi connectivity index (χ3v) is 2.55. The maximum atomic E-state index is 4.32. The molecule has 0 fully saturated rings. The highest BCUT2D eigenvalue weighted by Gasteiger charge is 2.05. The van der Waals surface area contributed by atoms with E-state index in [1.54, 1.807) is 0 Å². The van der Waals surface area contributed by atoms with Gasteiger partial charge in [-0.25, -0.2) is 9.97 Å². The van der Waals surface area contributed by atoms with Crippen molar-refractivity contribution in [3.8, 4) is 0 Å². The number of halogens is 1. The lowest BCUT2D eigenvalue weighted by molar-refractivity contribution is 0.667. The first-order valence-electron chi connectivity index (χ1n) is 4.93. The molecule has 0 aliphatic carbocycles. The lowest BCUT2D eigenvalue weighted by Gasteiger charge is -2.15. The molecule has 0 amide bonds. The van der Waals surface area contributed by atoms with Crippen molar-refractivity contribution in [2.75, 3.05) is 5.32 Å². The molecule has 0 bridgehead atoms. The van der Waals surface area contributed by atoms with E-state index in [1.165, 1.54) is 0 Å². The summed E-state index contributed by atoms with van der Waals surface area (Å²) in [4.78, 5) is 8.48. The topological polar surface area (TPSA) is 37.8 Å². The number of anilines is 1. The molecule has 1 aromatic heterocycles. The van der Waals surface area contributed by atoms with Crippen molar-refractivity contribution in [3.05, 3.63) is 16.5 Å². The van der Waals surface area contributed by atoms with Crippen LogP contribution < -0.4 is 5.32 Å². The second-order valence-electron chi connectivity index (χ2n) is 3.28. The number of nitrogens with zero attached hydrogens (tertiary/aromatic N) is 2. The van der Waals surface area contributed by atoms with Crippen molar-refractivity contribution in [2.24, 2.45) is 0 Å². The maximum absolute atomic E-state index is 4.32. The largest absolute Gasteiger partial charge is 0.367 e. The first kappa shape index (κ1) is 11.4. The van der Waals surface area contributed by atoms with Gasteiger partial charge >= 0.3 is 0 Å². The van der Waals surface area contributed by atoms with E-state index >= 15 is 0 Å². The molecule has 1 aromatic rings. The van der Waals surface area contributed by atoms with Gasteiger partial charge < -0.3 is 5.32 Å². The van der Waals surface area contributed by atoms with Crippen LogP contribution in [0.1, 0.15) is 32.5 Å². The van der Waals surface area contributed by atoms with Crippen molar-refractivity contribution < 1.29 is 0 Å². The average molecular weight is 258 g/mol. The highest BCUT2D eigenvalue weighted by Crippen LogP contribution is 2.14. The minimum Gasteiger partial charge on any atom is -0.367 e. The fourth-order valence-electron chi connectivity index (χ4n) is 1.31. The molecular weight excluding hydrogens is 242 g/mol. The Kier molecular flexibility index (Phi) is 4.32. The second-order valence-corrected chi connectivity index (χ2v) is 4.09. The summed E-state index contributed by atoms with van der Waals surface area (Å²) in [7, 11) is 0. The molecule has 0 aliphatic rings. The fourth-order valence-corrected chi connectivity index (χ4v) is 1.78. The summed E-state index contributed by atoms with van der Waals surface area (Å²) in [6.07, 6.45) is 2.22. The third kappa shape index (κ3) is 3.25. The highest BCUT2D eigenvalue weighted by atomic mass is 79.9. The maximum Gasteiger partial charge on any atom is 0.131 e. The zero-order chi connectivity index (χ0) is 10.6. The molecule has 14 heavy (non-hydrogen) atoms. The van der Waals surface area contributed by atoms with Gasteiger partial charge in [0.2, 0.25) is 0 Å². The zero-order valence-electron chi connectivity index (χ0n) is 8.84. The summed E-state index contributed by atoms with van der Waals surface area (Å²) in [5, 5.41) is 3.38. The van der Waals surface area contributed by atoms with Gasteiger partial charge in [-0.1, -0.05) is 13.8 Å². The van der Waals surface area contributed by atoms with Crippen LogP contribution in [-0.4, -0.2) is 16.0 Å². The predicted octanol–water partition coefficient (Wildman–Crippen LogP) is 3.15. The van der Waals surface area contributed by atoms with Crippen molar-refractivity contribution >= 4 is 21.7 Å². The van der Waals surface area contributed by atoms with Crippen LogP contribution in [-0.2, 0) is 0 Å². The average Bonchev–Trinajstić information content (AvgIpc) is 2.12. The molecule has 0 saturated carbocycles. The molecule has 0 atom stereocenters. The van der Waals surface area contributed by atoms with Gasteiger partial charge in [-0.15, -0.1) is 0 Å². The van der Waals surface area contributed by atoms with Gasteiger partial charge in [0.15, 0.2) is 0 Å². The van der Waals surface area contributed by atoms with Crippen LogP contribution in [0.15, 0.2) is 10.7 Å². The van der Waals surface area contributed by atoms with E-state index in [0.29, 0.717) is 6.04 Å². The quantitative estimate of drug-likeness (QED) is 0.843. The smallest absolute Gasteiger partial charge is 0.131 e. The van der Waals surface area contributed by atoms with Gasteiger partial charge in [-0.3, -0.25) is 0 Å². The SMILES string of the molecule is CCC(CC)Nc1cc(Br)nc(C)n1. The molecule has 0 radical (unpaired) electrons. The van der Waals surface area contributed by atoms with Gasteiger partial charge in [0.05, 0.1) is 0 Å². The lowest BCUT2D eigenvalue weighted by Crippen LogP contribution is -2.18. The summed E-state index contributed by atoms with van der Waals surface area (Å²) in [6, 6.07) is 2.40. The molecule has 0 aliphatic heterocycles. The van der Waals surface area contributed by atoms with E-state index in [-0.39, 0.29) is 0 Å². The van der Waals surface area contributed by atoms with Crippen LogP contribution >= 0.6 is 15.9 Å². The Bertz CT molecular complexity index is 277. The molecule has 1 N–H and O–H groups in total. The van der Waals surface area contributed by atoms with Crippen LogP contribution in [0.4, 0.5) is 5.82 Å². The molecule has 78 valence electrons. The number of nitrogens with one attached hydrogen (secondary N) is 1. The number of aryl methyl sites for hydroxylation is 1. The van der Waals surface area contributed by atoms with Crippen LogP contribution in [0.2, 0.25) is 0 Å². The van der Waals surface area contributed by atoms with Crippen molar-refractivity contribution in [3.63, 3.8) is 0 Å². The molecular formula is C10H16BrN3. The summed E-state index contributed by atoms with van der Waals surface area (Å²) in [5.41, 5.74) is 0. The van der Waals surface area contributed by atoms with Gasteiger partial charge in [0, 0.05) is 12.1 Å². The first-order chi connectivity index (χ1) is 6.65. The molecule has 4 heteroatoms. The standard InChI is InChI=1S/C10H16BrN3/c1-4-8(5-2)14-10-6-9(11)12-7(3)13-10/h6,8H,4-5H2,1-3H3,(H,12,13,14). The summed E-state index contributed by atoms with van der Waals surface area (Å²) in [6.45, 7) is 6.23. The Balaban J connectivity index is 2.75. The number of hydrogen-bond acceptors (Lipinski definition) is 3. The van der Waals surface area contributed by atoms with Gasteiger partial charge in [-0.2, -0.15) is 0 Å². The van der Waals surface area contributed by atoms with E-state index < -0.39 is 0 Å².